The fourth-order valence-corrected chi connectivity index (χ4v) is 2.18. The molecule has 106 valence electrons. The monoisotopic (exact) mass is 259 g/mol. The van der Waals surface area contributed by atoms with Gasteiger partial charge in [-0.3, -0.25) is 4.99 Å². The highest BCUT2D eigenvalue weighted by atomic mass is 14.7. The summed E-state index contributed by atoms with van der Waals surface area (Å²) in [6, 6.07) is 6.60. The fraction of sp³-hybridized carbons (Fsp3) is 0.611. The van der Waals surface area contributed by atoms with E-state index in [1.165, 1.54) is 16.8 Å². The average Bonchev–Trinajstić information content (AvgIpc) is 2.26. The van der Waals surface area contributed by atoms with E-state index in [2.05, 4.69) is 72.9 Å². The van der Waals surface area contributed by atoms with Crippen LogP contribution in [0.15, 0.2) is 23.2 Å². The number of rotatable bonds is 3. The van der Waals surface area contributed by atoms with E-state index < -0.39 is 0 Å². The number of unbranched alkanes of at least 4 members (excludes halogenated alkanes) is 1. The van der Waals surface area contributed by atoms with Gasteiger partial charge in [0, 0.05) is 6.21 Å². The molecule has 0 amide bonds. The normalized spacial score (nSPS) is 13.2. The summed E-state index contributed by atoms with van der Waals surface area (Å²) in [5, 5.41) is 0. The van der Waals surface area contributed by atoms with Gasteiger partial charge in [-0.05, 0) is 28.4 Å². The zero-order valence-electron chi connectivity index (χ0n) is 13.7. The lowest BCUT2D eigenvalue weighted by molar-refractivity contribution is 0.571. The van der Waals surface area contributed by atoms with E-state index in [4.69, 9.17) is 4.99 Å². The average molecular weight is 259 g/mol. The van der Waals surface area contributed by atoms with E-state index in [0.717, 1.165) is 12.8 Å². The molecule has 0 aliphatic rings. The zero-order valence-corrected chi connectivity index (χ0v) is 13.7. The Kier molecular flexibility index (Phi) is 4.95. The Labute approximate surface area is 119 Å². The van der Waals surface area contributed by atoms with Crippen LogP contribution in [-0.4, -0.2) is 6.21 Å². The molecular weight excluding hydrogens is 230 g/mol. The summed E-state index contributed by atoms with van der Waals surface area (Å²) >= 11 is 0. The summed E-state index contributed by atoms with van der Waals surface area (Å²) in [5.74, 6) is 0. The van der Waals surface area contributed by atoms with E-state index in [0.29, 0.717) is 0 Å². The van der Waals surface area contributed by atoms with E-state index in [1.807, 2.05) is 0 Å². The predicted molar refractivity (Wildman–Crippen MR) is 86.9 cm³/mol. The van der Waals surface area contributed by atoms with Crippen LogP contribution in [0.25, 0.3) is 0 Å². The Balaban J connectivity index is 3.41. The molecule has 0 fully saturated rings. The maximum atomic E-state index is 4.80. The van der Waals surface area contributed by atoms with Crippen molar-refractivity contribution in [3.05, 3.63) is 29.3 Å². The molecule has 1 rings (SSSR count). The van der Waals surface area contributed by atoms with Crippen LogP contribution in [0.4, 0.5) is 5.69 Å². The van der Waals surface area contributed by atoms with Crippen LogP contribution in [0, 0.1) is 0 Å². The van der Waals surface area contributed by atoms with Crippen molar-refractivity contribution in [3.63, 3.8) is 0 Å². The van der Waals surface area contributed by atoms with Crippen LogP contribution >= 0.6 is 0 Å². The largest absolute Gasteiger partial charge is 0.261 e. The Hall–Kier alpha value is -1.11. The summed E-state index contributed by atoms with van der Waals surface area (Å²) in [5.41, 5.74) is 4.11. The number of nitrogens with zero attached hydrogens (tertiary/aromatic N) is 1. The van der Waals surface area contributed by atoms with Gasteiger partial charge in [-0.15, -0.1) is 0 Å². The third-order valence-electron chi connectivity index (χ3n) is 3.29. The first-order valence-corrected chi connectivity index (χ1v) is 7.34. The minimum Gasteiger partial charge on any atom is -0.261 e. The van der Waals surface area contributed by atoms with Crippen LogP contribution in [0.1, 0.15) is 72.4 Å². The third-order valence-corrected chi connectivity index (χ3v) is 3.29. The van der Waals surface area contributed by atoms with Crippen LogP contribution in [0.5, 0.6) is 0 Å². The molecule has 0 heterocycles. The fourth-order valence-electron chi connectivity index (χ4n) is 2.18. The lowest BCUT2D eigenvalue weighted by Gasteiger charge is -2.28. The summed E-state index contributed by atoms with van der Waals surface area (Å²) in [4.78, 5) is 4.80. The van der Waals surface area contributed by atoms with E-state index in [9.17, 15) is 0 Å². The first kappa shape index (κ1) is 15.9. The minimum atomic E-state index is 0.125. The lowest BCUT2D eigenvalue weighted by atomic mass is 9.79. The Bertz CT molecular complexity index is 409. The molecule has 0 aliphatic carbocycles. The van der Waals surface area contributed by atoms with Gasteiger partial charge < -0.3 is 0 Å². The molecule has 1 aromatic carbocycles. The number of hydrogen-bond donors (Lipinski definition) is 0. The summed E-state index contributed by atoms with van der Waals surface area (Å²) in [6.45, 7) is 15.7. The summed E-state index contributed by atoms with van der Waals surface area (Å²) in [6.07, 6.45) is 4.26. The highest BCUT2D eigenvalue weighted by molar-refractivity contribution is 5.68. The van der Waals surface area contributed by atoms with Crippen molar-refractivity contribution in [3.8, 4) is 0 Å². The first-order valence-electron chi connectivity index (χ1n) is 7.34. The third kappa shape index (κ3) is 4.19. The highest BCUT2D eigenvalue weighted by Gasteiger charge is 2.24. The lowest BCUT2D eigenvalue weighted by Crippen LogP contribution is -2.17. The SMILES string of the molecule is CCCC=Nc1c(C(C)(C)C)cccc1C(C)(C)C. The Morgan fingerprint density at radius 1 is 0.947 bits per heavy atom. The number of aliphatic imine (C=N–C) groups is 1. The molecule has 0 aliphatic heterocycles. The molecule has 0 aromatic heterocycles. The standard InChI is InChI=1S/C18H29N/c1-8-9-13-19-16-14(17(2,3)4)11-10-12-15(16)18(5,6)7/h10-13H,8-9H2,1-7H3. The van der Waals surface area contributed by atoms with Gasteiger partial charge in [0.05, 0.1) is 5.69 Å². The van der Waals surface area contributed by atoms with Crippen molar-refractivity contribution < 1.29 is 0 Å². The molecule has 1 heteroatoms. The Morgan fingerprint density at radius 2 is 1.42 bits per heavy atom. The molecule has 1 aromatic rings. The second-order valence-electron chi connectivity index (χ2n) is 7.30. The molecule has 0 bridgehead atoms. The van der Waals surface area contributed by atoms with Gasteiger partial charge in [-0.1, -0.05) is 73.1 Å². The van der Waals surface area contributed by atoms with Crippen molar-refractivity contribution in [1.82, 2.24) is 0 Å². The topological polar surface area (TPSA) is 12.4 Å². The summed E-state index contributed by atoms with van der Waals surface area (Å²) < 4.78 is 0. The highest BCUT2D eigenvalue weighted by Crippen LogP contribution is 2.39. The van der Waals surface area contributed by atoms with Crippen LogP contribution in [-0.2, 0) is 10.8 Å². The van der Waals surface area contributed by atoms with Gasteiger partial charge in [0.15, 0.2) is 0 Å². The molecule has 0 N–H and O–H groups in total. The van der Waals surface area contributed by atoms with Gasteiger partial charge in [-0.2, -0.15) is 0 Å². The number of hydrogen-bond acceptors (Lipinski definition) is 1. The molecule has 0 spiro atoms. The number of para-hydroxylation sites is 1. The van der Waals surface area contributed by atoms with Gasteiger partial charge in [0.25, 0.3) is 0 Å². The maximum absolute atomic E-state index is 4.80. The maximum Gasteiger partial charge on any atom is 0.0700 e. The van der Waals surface area contributed by atoms with E-state index in [1.54, 1.807) is 0 Å². The molecule has 1 nitrogen and oxygen atoms in total. The van der Waals surface area contributed by atoms with Crippen molar-refractivity contribution in [2.24, 2.45) is 4.99 Å². The van der Waals surface area contributed by atoms with Crippen molar-refractivity contribution in [2.75, 3.05) is 0 Å². The molecule has 0 radical (unpaired) electrons. The van der Waals surface area contributed by atoms with Crippen molar-refractivity contribution >= 4 is 11.9 Å². The van der Waals surface area contributed by atoms with Crippen LogP contribution in [0.3, 0.4) is 0 Å². The smallest absolute Gasteiger partial charge is 0.0700 e. The molecule has 0 unspecified atom stereocenters. The quantitative estimate of drug-likeness (QED) is 0.610. The Morgan fingerprint density at radius 3 is 1.79 bits per heavy atom. The molecule has 0 saturated carbocycles. The van der Waals surface area contributed by atoms with Gasteiger partial charge in [0.2, 0.25) is 0 Å². The van der Waals surface area contributed by atoms with Crippen molar-refractivity contribution in [1.29, 1.82) is 0 Å². The van der Waals surface area contributed by atoms with Crippen LogP contribution in [0.2, 0.25) is 0 Å². The van der Waals surface area contributed by atoms with E-state index in [-0.39, 0.29) is 10.8 Å². The molecular formula is C18H29N. The first-order chi connectivity index (χ1) is 8.68. The van der Waals surface area contributed by atoms with Gasteiger partial charge in [-0.25, -0.2) is 0 Å². The summed E-state index contributed by atoms with van der Waals surface area (Å²) in [7, 11) is 0. The molecule has 0 atom stereocenters. The zero-order chi connectivity index (χ0) is 14.7. The van der Waals surface area contributed by atoms with Crippen LogP contribution < -0.4 is 0 Å². The predicted octanol–water partition coefficient (Wildman–Crippen LogP) is 5.78. The molecule has 0 saturated heterocycles. The second-order valence-corrected chi connectivity index (χ2v) is 7.30. The minimum absolute atomic E-state index is 0.125. The number of benzene rings is 1. The second kappa shape index (κ2) is 5.90. The molecule has 19 heavy (non-hydrogen) atoms. The van der Waals surface area contributed by atoms with Gasteiger partial charge >= 0.3 is 0 Å². The van der Waals surface area contributed by atoms with Gasteiger partial charge in [0.1, 0.15) is 0 Å². The van der Waals surface area contributed by atoms with Crippen molar-refractivity contribution in [2.45, 2.75) is 72.1 Å². The van der Waals surface area contributed by atoms with E-state index >= 15 is 0 Å².